The number of nitrogens with zero attached hydrogens (tertiary/aromatic N) is 4. The van der Waals surface area contributed by atoms with Gasteiger partial charge in [0.25, 0.3) is 5.69 Å². The number of aliphatic hydroxyl groups excluding tert-OH is 1. The molecule has 2 aromatic rings. The minimum Gasteiger partial charge on any atom is -0.394 e. The highest BCUT2D eigenvalue weighted by Gasteiger charge is 2.09. The van der Waals surface area contributed by atoms with E-state index in [0.717, 1.165) is 5.69 Å². The van der Waals surface area contributed by atoms with Crippen molar-refractivity contribution in [2.75, 3.05) is 18.1 Å². The Balaban J connectivity index is 2.15. The highest BCUT2D eigenvalue weighted by molar-refractivity contribution is 6.33. The number of non-ortho nitro benzene ring substituents is 1. The Hall–Kier alpha value is -3.83. The predicted molar refractivity (Wildman–Crippen MR) is 112 cm³/mol. The van der Waals surface area contributed by atoms with Crippen LogP contribution in [0, 0.1) is 45.8 Å². The number of hydrogen-bond donors (Lipinski definition) is 1. The summed E-state index contributed by atoms with van der Waals surface area (Å²) in [5.41, 5.74) is 1.51. The van der Waals surface area contributed by atoms with E-state index in [9.17, 15) is 15.2 Å². The first-order chi connectivity index (χ1) is 14.0. The van der Waals surface area contributed by atoms with Crippen LogP contribution in [0.3, 0.4) is 0 Å². The quantitative estimate of drug-likeness (QED) is 0.252. The van der Waals surface area contributed by atoms with Crippen LogP contribution in [0.25, 0.3) is 0 Å². The molecule has 0 aliphatic rings. The monoisotopic (exact) mass is 406 g/mol. The van der Waals surface area contributed by atoms with E-state index in [1.165, 1.54) is 18.2 Å². The van der Waals surface area contributed by atoms with E-state index in [2.05, 4.69) is 45.9 Å². The van der Waals surface area contributed by atoms with E-state index in [1.807, 2.05) is 0 Å². The summed E-state index contributed by atoms with van der Waals surface area (Å²) >= 11 is 6.00. The fraction of sp³-hybridized carbons (Fsp3) is 0.143. The van der Waals surface area contributed by atoms with Crippen LogP contribution in [0.4, 0.5) is 22.7 Å². The average molecular weight is 407 g/mol. The van der Waals surface area contributed by atoms with Crippen LogP contribution in [-0.4, -0.2) is 23.2 Å². The molecule has 7 nitrogen and oxygen atoms in total. The van der Waals surface area contributed by atoms with Crippen molar-refractivity contribution in [3.05, 3.63) is 57.6 Å². The Morgan fingerprint density at radius 3 is 2.45 bits per heavy atom. The second-order valence-corrected chi connectivity index (χ2v) is 5.75. The smallest absolute Gasteiger partial charge is 0.271 e. The molecule has 0 atom stereocenters. The van der Waals surface area contributed by atoms with Crippen LogP contribution in [0.1, 0.15) is 6.92 Å². The lowest BCUT2D eigenvalue weighted by molar-refractivity contribution is -0.384. The Kier molecular flexibility index (Phi) is 8.23. The summed E-state index contributed by atoms with van der Waals surface area (Å²) in [7, 11) is 0. The number of nitro groups is 1. The maximum absolute atomic E-state index is 10.7. The number of benzene rings is 2. The molecule has 0 aliphatic heterocycles. The summed E-state index contributed by atoms with van der Waals surface area (Å²) < 4.78 is 0. The third kappa shape index (κ3) is 6.68. The molecular formula is C21H15ClN4O3. The number of aliphatic hydroxyl groups is 1. The zero-order valence-electron chi connectivity index (χ0n) is 15.4. The lowest BCUT2D eigenvalue weighted by Gasteiger charge is -2.15. The molecule has 0 radical (unpaired) electrons. The molecule has 0 aromatic heterocycles. The number of hydrogen-bond acceptors (Lipinski definition) is 6. The van der Waals surface area contributed by atoms with Gasteiger partial charge in [-0.05, 0) is 49.1 Å². The molecule has 0 unspecified atom stereocenters. The normalized spacial score (nSPS) is 9.48. The summed E-state index contributed by atoms with van der Waals surface area (Å²) in [5.74, 6) is 13.1. The van der Waals surface area contributed by atoms with Crippen LogP contribution in [0.15, 0.2) is 52.7 Å². The zero-order chi connectivity index (χ0) is 21.1. The van der Waals surface area contributed by atoms with Crippen LogP contribution < -0.4 is 4.90 Å². The molecular weight excluding hydrogens is 392 g/mol. The maximum atomic E-state index is 10.7. The molecule has 0 amide bonds. The number of rotatable bonds is 6. The molecule has 144 valence electrons. The van der Waals surface area contributed by atoms with E-state index in [-0.39, 0.29) is 17.3 Å². The van der Waals surface area contributed by atoms with Gasteiger partial charge in [-0.15, -0.1) is 5.11 Å². The van der Waals surface area contributed by atoms with E-state index in [0.29, 0.717) is 17.9 Å². The second kappa shape index (κ2) is 11.1. The molecule has 0 saturated heterocycles. The molecule has 2 aromatic carbocycles. The molecule has 29 heavy (non-hydrogen) atoms. The largest absolute Gasteiger partial charge is 0.394 e. The van der Waals surface area contributed by atoms with Crippen molar-refractivity contribution in [3.63, 3.8) is 0 Å². The fourth-order valence-electron chi connectivity index (χ4n) is 2.07. The van der Waals surface area contributed by atoms with Gasteiger partial charge in [-0.3, -0.25) is 15.0 Å². The lowest BCUT2D eigenvalue weighted by atomic mass is 10.2. The van der Waals surface area contributed by atoms with Gasteiger partial charge in [0, 0.05) is 35.7 Å². The van der Waals surface area contributed by atoms with Crippen LogP contribution in [-0.2, 0) is 0 Å². The number of halogens is 1. The summed E-state index contributed by atoms with van der Waals surface area (Å²) in [5, 5.41) is 28.2. The molecule has 1 N–H and O–H groups in total. The van der Waals surface area contributed by atoms with Crippen molar-refractivity contribution in [2.45, 2.75) is 6.92 Å². The predicted octanol–water partition coefficient (Wildman–Crippen LogP) is 4.45. The van der Waals surface area contributed by atoms with E-state index in [1.54, 1.807) is 36.1 Å². The van der Waals surface area contributed by atoms with Gasteiger partial charge in [-0.1, -0.05) is 17.5 Å². The fourth-order valence-corrected chi connectivity index (χ4v) is 2.28. The van der Waals surface area contributed by atoms with E-state index < -0.39 is 4.92 Å². The van der Waals surface area contributed by atoms with Crippen LogP contribution in [0.5, 0.6) is 0 Å². The standard InChI is InChI=1S/C21H15ClN4O3/c1-2-3-4-5-6-13-25(14-15-27)18-9-7-17(8-10-18)23-24-21-12-11-19(26(28)29)16-20(21)22/h7-12,16,27H,14-15H2,1H3. The third-order valence-electron chi connectivity index (χ3n) is 3.40. The van der Waals surface area contributed by atoms with Gasteiger partial charge in [-0.25, -0.2) is 0 Å². The Morgan fingerprint density at radius 2 is 1.83 bits per heavy atom. The van der Waals surface area contributed by atoms with Crippen LogP contribution >= 0.6 is 11.6 Å². The first-order valence-electron chi connectivity index (χ1n) is 8.31. The van der Waals surface area contributed by atoms with Gasteiger partial charge in [0.2, 0.25) is 0 Å². The van der Waals surface area contributed by atoms with Gasteiger partial charge in [0.15, 0.2) is 0 Å². The van der Waals surface area contributed by atoms with E-state index >= 15 is 0 Å². The topological polar surface area (TPSA) is 91.3 Å². The Bertz CT molecular complexity index is 1090. The summed E-state index contributed by atoms with van der Waals surface area (Å²) in [4.78, 5) is 11.9. The minimum absolute atomic E-state index is 0.0724. The molecule has 8 heteroatoms. The maximum Gasteiger partial charge on any atom is 0.271 e. The number of nitro benzene ring substituents is 1. The second-order valence-electron chi connectivity index (χ2n) is 5.35. The minimum atomic E-state index is -0.532. The highest BCUT2D eigenvalue weighted by atomic mass is 35.5. The zero-order valence-corrected chi connectivity index (χ0v) is 16.1. The molecule has 0 fully saturated rings. The van der Waals surface area contributed by atoms with Gasteiger partial charge < -0.3 is 5.11 Å². The molecule has 0 aliphatic carbocycles. The summed E-state index contributed by atoms with van der Waals surface area (Å²) in [6, 6.07) is 13.8. The van der Waals surface area contributed by atoms with Gasteiger partial charge in [0.1, 0.15) is 5.69 Å². The molecule has 0 saturated carbocycles. The van der Waals surface area contributed by atoms with Gasteiger partial charge >= 0.3 is 0 Å². The lowest BCUT2D eigenvalue weighted by Crippen LogP contribution is -2.20. The highest BCUT2D eigenvalue weighted by Crippen LogP contribution is 2.30. The first-order valence-corrected chi connectivity index (χ1v) is 8.69. The number of anilines is 1. The van der Waals surface area contributed by atoms with Crippen molar-refractivity contribution in [3.8, 4) is 35.6 Å². The Morgan fingerprint density at radius 1 is 1.10 bits per heavy atom. The van der Waals surface area contributed by atoms with E-state index in [4.69, 9.17) is 11.6 Å². The molecule has 0 bridgehead atoms. The van der Waals surface area contributed by atoms with Crippen molar-refractivity contribution < 1.29 is 10.0 Å². The van der Waals surface area contributed by atoms with Gasteiger partial charge in [-0.2, -0.15) is 5.11 Å². The molecule has 0 spiro atoms. The average Bonchev–Trinajstić information content (AvgIpc) is 2.72. The number of azo groups is 1. The van der Waals surface area contributed by atoms with Crippen LogP contribution in [0.2, 0.25) is 5.02 Å². The first kappa shape index (κ1) is 21.5. The summed E-state index contributed by atoms with van der Waals surface area (Å²) in [6.45, 7) is 1.93. The van der Waals surface area contributed by atoms with Crippen molar-refractivity contribution in [1.29, 1.82) is 0 Å². The molecule has 0 heterocycles. The van der Waals surface area contributed by atoms with Crippen molar-refractivity contribution >= 4 is 34.4 Å². The molecule has 2 rings (SSSR count). The van der Waals surface area contributed by atoms with Crippen molar-refractivity contribution in [2.24, 2.45) is 10.2 Å². The Labute approximate surface area is 173 Å². The summed E-state index contributed by atoms with van der Waals surface area (Å²) in [6.07, 6.45) is 0. The van der Waals surface area contributed by atoms with Crippen molar-refractivity contribution in [1.82, 2.24) is 0 Å². The SMILES string of the molecule is CC#CC#CC#CN(CCO)c1ccc(N=Nc2ccc([N+](=O)[O-])cc2Cl)cc1. The third-order valence-corrected chi connectivity index (χ3v) is 3.71. The van der Waals surface area contributed by atoms with Gasteiger partial charge in [0.05, 0.1) is 28.8 Å².